The number of rotatable bonds is 3. The van der Waals surface area contributed by atoms with Crippen LogP contribution in [-0.4, -0.2) is 47.2 Å². The van der Waals surface area contributed by atoms with E-state index in [2.05, 4.69) is 15.1 Å². The zero-order valence-corrected chi connectivity index (χ0v) is 17.3. The fourth-order valence-corrected chi connectivity index (χ4v) is 4.60. The van der Waals surface area contributed by atoms with Crippen LogP contribution in [0, 0.1) is 5.92 Å². The molecule has 0 N–H and O–H groups in total. The molecule has 2 fully saturated rings. The van der Waals surface area contributed by atoms with Gasteiger partial charge in [-0.1, -0.05) is 42.5 Å². The Morgan fingerprint density at radius 2 is 1.68 bits per heavy atom. The van der Waals surface area contributed by atoms with E-state index in [1.165, 1.54) is 19.3 Å². The van der Waals surface area contributed by atoms with Crippen LogP contribution in [0.15, 0.2) is 30.3 Å². The van der Waals surface area contributed by atoms with Crippen LogP contribution in [0.1, 0.15) is 32.1 Å². The smallest absolute Gasteiger partial charge is 0.225 e. The number of nitrogens with zero attached hydrogens (tertiary/aromatic N) is 4. The van der Waals surface area contributed by atoms with Crippen molar-refractivity contribution in [3.05, 3.63) is 40.4 Å². The molecular weight excluding hydrogens is 395 g/mol. The van der Waals surface area contributed by atoms with E-state index in [1.54, 1.807) is 12.1 Å². The minimum Gasteiger partial charge on any atom is -0.352 e. The summed E-state index contributed by atoms with van der Waals surface area (Å²) in [6, 6.07) is 9.24. The van der Waals surface area contributed by atoms with E-state index < -0.39 is 0 Å². The van der Waals surface area contributed by atoms with E-state index in [-0.39, 0.29) is 5.92 Å². The van der Waals surface area contributed by atoms with Crippen molar-refractivity contribution in [1.82, 2.24) is 15.1 Å². The first-order valence-electron chi connectivity index (χ1n) is 9.95. The number of hydrogen-bond donors (Lipinski definition) is 0. The van der Waals surface area contributed by atoms with E-state index in [0.29, 0.717) is 16.0 Å². The van der Waals surface area contributed by atoms with Crippen LogP contribution >= 0.6 is 23.2 Å². The summed E-state index contributed by atoms with van der Waals surface area (Å²) < 4.78 is 0. The Kier molecular flexibility index (Phi) is 6.02. The van der Waals surface area contributed by atoms with Crippen molar-refractivity contribution in [1.29, 1.82) is 0 Å². The first kappa shape index (κ1) is 19.5. The van der Waals surface area contributed by atoms with Gasteiger partial charge in [0.05, 0.1) is 10.7 Å². The van der Waals surface area contributed by atoms with Gasteiger partial charge in [0.2, 0.25) is 5.91 Å². The van der Waals surface area contributed by atoms with Crippen LogP contribution in [0.3, 0.4) is 0 Å². The highest BCUT2D eigenvalue weighted by atomic mass is 35.5. The van der Waals surface area contributed by atoms with Crippen molar-refractivity contribution < 1.29 is 4.79 Å². The van der Waals surface area contributed by atoms with Crippen molar-refractivity contribution >= 4 is 34.9 Å². The number of piperazine rings is 1. The lowest BCUT2D eigenvalue weighted by molar-refractivity contribution is -0.136. The van der Waals surface area contributed by atoms with E-state index in [0.717, 1.165) is 56.1 Å². The van der Waals surface area contributed by atoms with Gasteiger partial charge in [0.15, 0.2) is 5.82 Å². The lowest BCUT2D eigenvalue weighted by Gasteiger charge is -2.37. The van der Waals surface area contributed by atoms with Gasteiger partial charge in [-0.15, -0.1) is 10.2 Å². The molecule has 0 bridgehead atoms. The molecule has 7 heteroatoms. The number of amides is 1. The molecule has 0 atom stereocenters. The molecule has 0 radical (unpaired) electrons. The zero-order chi connectivity index (χ0) is 19.5. The molecule has 28 heavy (non-hydrogen) atoms. The summed E-state index contributed by atoms with van der Waals surface area (Å²) in [6.45, 7) is 3.08. The monoisotopic (exact) mass is 418 g/mol. The van der Waals surface area contributed by atoms with Gasteiger partial charge in [0.25, 0.3) is 0 Å². The summed E-state index contributed by atoms with van der Waals surface area (Å²) in [7, 11) is 0. The number of hydrogen-bond acceptors (Lipinski definition) is 4. The highest BCUT2D eigenvalue weighted by molar-refractivity contribution is 6.36. The maximum atomic E-state index is 12.7. The van der Waals surface area contributed by atoms with Gasteiger partial charge in [-0.2, -0.15) is 0 Å². The molecule has 1 saturated heterocycles. The molecular formula is C21H24Cl2N4O. The Labute approximate surface area is 175 Å². The average Bonchev–Trinajstić information content (AvgIpc) is 2.74. The lowest BCUT2D eigenvalue weighted by atomic mass is 9.88. The molecule has 2 heterocycles. The predicted octanol–water partition coefficient (Wildman–Crippen LogP) is 4.68. The van der Waals surface area contributed by atoms with Crippen LogP contribution in [0.2, 0.25) is 10.0 Å². The number of aromatic nitrogens is 2. The van der Waals surface area contributed by atoms with Gasteiger partial charge < -0.3 is 9.80 Å². The van der Waals surface area contributed by atoms with Crippen molar-refractivity contribution in [2.75, 3.05) is 31.1 Å². The zero-order valence-electron chi connectivity index (χ0n) is 15.8. The number of halogens is 2. The largest absolute Gasteiger partial charge is 0.352 e. The maximum absolute atomic E-state index is 12.7. The van der Waals surface area contributed by atoms with Crippen LogP contribution in [0.5, 0.6) is 0 Å². The number of anilines is 1. The predicted molar refractivity (Wildman–Crippen MR) is 113 cm³/mol. The van der Waals surface area contributed by atoms with Crippen LogP contribution in [-0.2, 0) is 4.79 Å². The second-order valence-corrected chi connectivity index (χ2v) is 8.39. The Morgan fingerprint density at radius 3 is 2.32 bits per heavy atom. The lowest BCUT2D eigenvalue weighted by Crippen LogP contribution is -2.50. The fraction of sp³-hybridized carbons (Fsp3) is 0.476. The summed E-state index contributed by atoms with van der Waals surface area (Å²) in [5.74, 6) is 1.42. The first-order valence-corrected chi connectivity index (χ1v) is 10.7. The molecule has 2 aliphatic rings. The Morgan fingerprint density at radius 1 is 0.929 bits per heavy atom. The standard InChI is InChI=1S/C21H24Cl2N4O/c22-16-6-7-17(18(23)14-16)19-8-9-20(25-24-19)26-10-12-27(13-11-26)21(28)15-4-2-1-3-5-15/h6-9,14-15H,1-5,10-13H2. The molecule has 0 unspecified atom stereocenters. The van der Waals surface area contributed by atoms with Crippen LogP contribution in [0.25, 0.3) is 11.3 Å². The Balaban J connectivity index is 1.37. The molecule has 1 saturated carbocycles. The molecule has 1 amide bonds. The summed E-state index contributed by atoms with van der Waals surface area (Å²) in [6.07, 6.45) is 5.76. The summed E-state index contributed by atoms with van der Waals surface area (Å²) in [5, 5.41) is 9.88. The Hall–Kier alpha value is -1.85. The molecule has 1 aromatic heterocycles. The van der Waals surface area contributed by atoms with Crippen LogP contribution < -0.4 is 4.90 Å². The van der Waals surface area contributed by atoms with E-state index in [9.17, 15) is 4.79 Å². The SMILES string of the molecule is O=C(C1CCCCC1)N1CCN(c2ccc(-c3ccc(Cl)cc3Cl)nn2)CC1. The van der Waals surface area contributed by atoms with Gasteiger partial charge in [-0.05, 0) is 43.2 Å². The second kappa shape index (κ2) is 8.66. The average molecular weight is 419 g/mol. The molecule has 4 rings (SSSR count). The summed E-state index contributed by atoms with van der Waals surface area (Å²) in [5.41, 5.74) is 1.53. The number of benzene rings is 1. The number of carbonyl (C=O) groups excluding carboxylic acids is 1. The molecule has 2 aromatic rings. The molecule has 1 aliphatic carbocycles. The quantitative estimate of drug-likeness (QED) is 0.725. The van der Waals surface area contributed by atoms with Crippen molar-refractivity contribution in [3.63, 3.8) is 0 Å². The summed E-state index contributed by atoms with van der Waals surface area (Å²) >= 11 is 12.2. The number of carbonyl (C=O) groups is 1. The van der Waals surface area contributed by atoms with Gasteiger partial charge in [-0.25, -0.2) is 0 Å². The molecule has 1 aliphatic heterocycles. The van der Waals surface area contributed by atoms with E-state index in [4.69, 9.17) is 23.2 Å². The second-order valence-electron chi connectivity index (χ2n) is 7.55. The maximum Gasteiger partial charge on any atom is 0.225 e. The highest BCUT2D eigenvalue weighted by Crippen LogP contribution is 2.30. The minimum atomic E-state index is 0.239. The normalized spacial score (nSPS) is 18.4. The first-order chi connectivity index (χ1) is 13.6. The third-order valence-corrected chi connectivity index (χ3v) is 6.28. The van der Waals surface area contributed by atoms with Gasteiger partial charge in [-0.3, -0.25) is 4.79 Å². The molecule has 5 nitrogen and oxygen atoms in total. The third-order valence-electron chi connectivity index (χ3n) is 5.73. The molecule has 1 aromatic carbocycles. The van der Waals surface area contributed by atoms with E-state index >= 15 is 0 Å². The molecule has 148 valence electrons. The van der Waals surface area contributed by atoms with Gasteiger partial charge in [0, 0.05) is 42.7 Å². The minimum absolute atomic E-state index is 0.239. The van der Waals surface area contributed by atoms with Crippen molar-refractivity contribution in [2.24, 2.45) is 5.92 Å². The summed E-state index contributed by atoms with van der Waals surface area (Å²) in [4.78, 5) is 16.9. The fourth-order valence-electron chi connectivity index (χ4n) is 4.10. The topological polar surface area (TPSA) is 49.3 Å². The third kappa shape index (κ3) is 4.26. The van der Waals surface area contributed by atoms with Crippen molar-refractivity contribution in [2.45, 2.75) is 32.1 Å². The highest BCUT2D eigenvalue weighted by Gasteiger charge is 2.28. The van der Waals surface area contributed by atoms with Gasteiger partial charge >= 0.3 is 0 Å². The van der Waals surface area contributed by atoms with Crippen molar-refractivity contribution in [3.8, 4) is 11.3 Å². The van der Waals surface area contributed by atoms with E-state index in [1.807, 2.05) is 23.1 Å². The van der Waals surface area contributed by atoms with Crippen LogP contribution in [0.4, 0.5) is 5.82 Å². The van der Waals surface area contributed by atoms with Gasteiger partial charge in [0.1, 0.15) is 0 Å². The Bertz CT molecular complexity index is 829. The molecule has 0 spiro atoms.